The van der Waals surface area contributed by atoms with Gasteiger partial charge in [0, 0.05) is 29.9 Å². The van der Waals surface area contributed by atoms with Crippen LogP contribution in [0.5, 0.6) is 5.88 Å². The van der Waals surface area contributed by atoms with E-state index in [4.69, 9.17) is 4.74 Å². The molecule has 0 saturated carbocycles. The van der Waals surface area contributed by atoms with Crippen LogP contribution in [0.15, 0.2) is 48.8 Å². The van der Waals surface area contributed by atoms with Crippen LogP contribution in [-0.4, -0.2) is 33.0 Å². The summed E-state index contributed by atoms with van der Waals surface area (Å²) >= 11 is 1.50. The molecule has 1 atom stereocenters. The van der Waals surface area contributed by atoms with E-state index in [1.54, 1.807) is 25.6 Å². The van der Waals surface area contributed by atoms with E-state index < -0.39 is 0 Å². The lowest BCUT2D eigenvalue weighted by atomic mass is 10.2. The second-order valence-corrected chi connectivity index (χ2v) is 8.24. The van der Waals surface area contributed by atoms with Gasteiger partial charge < -0.3 is 15.4 Å². The van der Waals surface area contributed by atoms with Crippen LogP contribution in [0.25, 0.3) is 10.2 Å². The molecular weight excluding hydrogens is 412 g/mol. The summed E-state index contributed by atoms with van der Waals surface area (Å²) in [4.78, 5) is 31.7. The van der Waals surface area contributed by atoms with Gasteiger partial charge in [-0.2, -0.15) is 0 Å². The lowest BCUT2D eigenvalue weighted by Crippen LogP contribution is -2.24. The highest BCUT2D eigenvalue weighted by atomic mass is 32.1. The molecule has 0 aliphatic carbocycles. The number of hydrogen-bond donors (Lipinski definition) is 2. The van der Waals surface area contributed by atoms with Gasteiger partial charge in [0.1, 0.15) is 0 Å². The Hall–Kier alpha value is -3.59. The zero-order valence-electron chi connectivity index (χ0n) is 17.4. The first kappa shape index (κ1) is 20.7. The van der Waals surface area contributed by atoms with Crippen LogP contribution in [0.1, 0.15) is 39.6 Å². The maximum atomic E-state index is 13.0. The van der Waals surface area contributed by atoms with Crippen molar-refractivity contribution in [2.24, 2.45) is 0 Å². The molecule has 0 saturated heterocycles. The molecular formula is C22H22N6O2S. The summed E-state index contributed by atoms with van der Waals surface area (Å²) < 4.78 is 5.83. The molecule has 0 spiro atoms. The fourth-order valence-corrected chi connectivity index (χ4v) is 4.01. The number of ether oxygens (including phenoxy) is 1. The van der Waals surface area contributed by atoms with E-state index in [1.165, 1.54) is 11.3 Å². The summed E-state index contributed by atoms with van der Waals surface area (Å²) in [6, 6.07) is 11.2. The fourth-order valence-electron chi connectivity index (χ4n) is 3.07. The highest BCUT2D eigenvalue weighted by Crippen LogP contribution is 2.28. The smallest absolute Gasteiger partial charge is 0.271 e. The number of aromatic nitrogens is 4. The molecule has 0 fully saturated rings. The van der Waals surface area contributed by atoms with E-state index in [9.17, 15) is 4.79 Å². The highest BCUT2D eigenvalue weighted by molar-refractivity contribution is 7.19. The van der Waals surface area contributed by atoms with Crippen molar-refractivity contribution < 1.29 is 9.53 Å². The normalized spacial score (nSPS) is 11.8. The summed E-state index contributed by atoms with van der Waals surface area (Å²) in [6.07, 6.45) is 3.41. The second-order valence-electron chi connectivity index (χ2n) is 6.98. The first-order valence-electron chi connectivity index (χ1n) is 9.76. The largest absolute Gasteiger partial charge is 0.481 e. The van der Waals surface area contributed by atoms with Gasteiger partial charge in [-0.25, -0.2) is 15.0 Å². The minimum atomic E-state index is -0.265. The summed E-state index contributed by atoms with van der Waals surface area (Å²) in [5.41, 5.74) is 2.82. The number of nitrogens with zero attached hydrogens (tertiary/aromatic N) is 4. The van der Waals surface area contributed by atoms with Crippen molar-refractivity contribution in [2.75, 3.05) is 12.4 Å². The lowest BCUT2D eigenvalue weighted by molar-refractivity contribution is 0.0948. The quantitative estimate of drug-likeness (QED) is 0.455. The average Bonchev–Trinajstić information content (AvgIpc) is 3.17. The SMILES string of the molecule is COc1ccc(CNC(=O)c2nc(N[C@@H](C)c3ccccn3)nc3cc(C)sc23)cn1. The summed E-state index contributed by atoms with van der Waals surface area (Å²) in [6.45, 7) is 4.30. The number of fused-ring (bicyclic) bond motifs is 1. The molecule has 1 amide bonds. The van der Waals surface area contributed by atoms with Crippen molar-refractivity contribution >= 4 is 33.4 Å². The summed E-state index contributed by atoms with van der Waals surface area (Å²) in [7, 11) is 1.56. The lowest BCUT2D eigenvalue weighted by Gasteiger charge is -2.14. The molecule has 4 aromatic rings. The van der Waals surface area contributed by atoms with Crippen LogP contribution < -0.4 is 15.4 Å². The molecule has 0 aliphatic rings. The Kier molecular flexibility index (Phi) is 6.03. The number of rotatable bonds is 7. The van der Waals surface area contributed by atoms with Crippen LogP contribution in [-0.2, 0) is 6.54 Å². The first-order valence-corrected chi connectivity index (χ1v) is 10.6. The maximum absolute atomic E-state index is 13.0. The Balaban J connectivity index is 1.57. The number of amides is 1. The molecule has 4 heterocycles. The van der Waals surface area contributed by atoms with Gasteiger partial charge >= 0.3 is 0 Å². The van der Waals surface area contributed by atoms with E-state index in [2.05, 4.69) is 30.6 Å². The topological polar surface area (TPSA) is 102 Å². The van der Waals surface area contributed by atoms with E-state index in [0.717, 1.165) is 26.4 Å². The third kappa shape index (κ3) is 4.77. The number of anilines is 1. The number of hydrogen-bond acceptors (Lipinski definition) is 8. The van der Waals surface area contributed by atoms with Crippen LogP contribution in [0, 0.1) is 6.92 Å². The molecule has 0 bridgehead atoms. The number of carbonyl (C=O) groups excluding carboxylic acids is 1. The van der Waals surface area contributed by atoms with Gasteiger partial charge in [0.15, 0.2) is 5.69 Å². The summed E-state index contributed by atoms with van der Waals surface area (Å²) in [5.74, 6) is 0.651. The van der Waals surface area contributed by atoms with Gasteiger partial charge in [-0.05, 0) is 37.6 Å². The predicted octanol–water partition coefficient (Wildman–Crippen LogP) is 3.90. The zero-order valence-corrected chi connectivity index (χ0v) is 18.2. The first-order chi connectivity index (χ1) is 15.0. The molecule has 8 nitrogen and oxygen atoms in total. The molecule has 0 aliphatic heterocycles. The van der Waals surface area contributed by atoms with E-state index >= 15 is 0 Å². The fraction of sp³-hybridized carbons (Fsp3) is 0.227. The monoisotopic (exact) mass is 434 g/mol. The Morgan fingerprint density at radius 2 is 2.06 bits per heavy atom. The van der Waals surface area contributed by atoms with Crippen molar-refractivity contribution in [1.29, 1.82) is 0 Å². The van der Waals surface area contributed by atoms with Gasteiger partial charge in [-0.15, -0.1) is 11.3 Å². The Labute approximate surface area is 183 Å². The summed E-state index contributed by atoms with van der Waals surface area (Å²) in [5, 5.41) is 6.18. The minimum Gasteiger partial charge on any atom is -0.481 e. The van der Waals surface area contributed by atoms with Crippen LogP contribution >= 0.6 is 11.3 Å². The van der Waals surface area contributed by atoms with Gasteiger partial charge in [-0.3, -0.25) is 9.78 Å². The van der Waals surface area contributed by atoms with Crippen molar-refractivity contribution in [2.45, 2.75) is 26.4 Å². The standard InChI is InChI=1S/C22H22N6O2S/c1-13-10-17-20(31-13)19(21(29)25-12-15-7-8-18(30-3)24-11-15)28-22(27-17)26-14(2)16-6-4-5-9-23-16/h4-11,14H,12H2,1-3H3,(H,25,29)(H,26,27,28)/t14-/m0/s1. The number of thiophene rings is 1. The third-order valence-electron chi connectivity index (χ3n) is 4.65. The maximum Gasteiger partial charge on any atom is 0.271 e. The number of pyridine rings is 2. The number of carbonyl (C=O) groups is 1. The van der Waals surface area contributed by atoms with E-state index in [1.807, 2.05) is 44.2 Å². The van der Waals surface area contributed by atoms with Gasteiger partial charge in [-0.1, -0.05) is 12.1 Å². The Morgan fingerprint density at radius 1 is 1.19 bits per heavy atom. The highest BCUT2D eigenvalue weighted by Gasteiger charge is 2.18. The van der Waals surface area contributed by atoms with Gasteiger partial charge in [0.05, 0.1) is 29.1 Å². The molecule has 2 N–H and O–H groups in total. The average molecular weight is 435 g/mol. The van der Waals surface area contributed by atoms with E-state index in [-0.39, 0.29) is 11.9 Å². The zero-order chi connectivity index (χ0) is 21.8. The van der Waals surface area contributed by atoms with Gasteiger partial charge in [0.25, 0.3) is 5.91 Å². The third-order valence-corrected chi connectivity index (χ3v) is 5.69. The number of aryl methyl sites for hydroxylation is 1. The van der Waals surface area contributed by atoms with Crippen molar-refractivity contribution in [1.82, 2.24) is 25.3 Å². The minimum absolute atomic E-state index is 0.111. The number of methoxy groups -OCH3 is 1. The number of nitrogens with one attached hydrogen (secondary N) is 2. The predicted molar refractivity (Wildman–Crippen MR) is 120 cm³/mol. The van der Waals surface area contributed by atoms with Crippen LogP contribution in [0.2, 0.25) is 0 Å². The molecule has 4 aromatic heterocycles. The Bertz CT molecular complexity index is 1190. The Morgan fingerprint density at radius 3 is 2.77 bits per heavy atom. The van der Waals surface area contributed by atoms with Crippen LogP contribution in [0.4, 0.5) is 5.95 Å². The molecule has 0 unspecified atom stereocenters. The van der Waals surface area contributed by atoms with Crippen LogP contribution in [0.3, 0.4) is 0 Å². The molecule has 0 aromatic carbocycles. The molecule has 0 radical (unpaired) electrons. The molecule has 4 rings (SSSR count). The van der Waals surface area contributed by atoms with Crippen molar-refractivity contribution in [3.63, 3.8) is 0 Å². The molecule has 9 heteroatoms. The molecule has 158 valence electrons. The van der Waals surface area contributed by atoms with Crippen molar-refractivity contribution in [3.05, 3.63) is 70.6 Å². The van der Waals surface area contributed by atoms with Crippen molar-refractivity contribution in [3.8, 4) is 5.88 Å². The van der Waals surface area contributed by atoms with E-state index in [0.29, 0.717) is 24.1 Å². The van der Waals surface area contributed by atoms with Gasteiger partial charge in [0.2, 0.25) is 11.8 Å². The molecule has 31 heavy (non-hydrogen) atoms. The second kappa shape index (κ2) is 9.05.